The summed E-state index contributed by atoms with van der Waals surface area (Å²) in [6, 6.07) is 0. The van der Waals surface area contributed by atoms with E-state index in [-0.39, 0.29) is 11.5 Å². The van der Waals surface area contributed by atoms with Crippen molar-refractivity contribution in [2.75, 3.05) is 0 Å². The summed E-state index contributed by atoms with van der Waals surface area (Å²) >= 11 is 0. The van der Waals surface area contributed by atoms with E-state index in [1.807, 2.05) is 13.8 Å². The van der Waals surface area contributed by atoms with Crippen molar-refractivity contribution in [2.24, 2.45) is 35.0 Å². The number of rotatable bonds is 1. The topological polar surface area (TPSA) is 40.5 Å². The zero-order valence-corrected chi connectivity index (χ0v) is 14.8. The van der Waals surface area contributed by atoms with E-state index in [0.29, 0.717) is 23.7 Å². The fourth-order valence-corrected chi connectivity index (χ4v) is 6.30. The number of hydrogen-bond donors (Lipinski definition) is 2. The van der Waals surface area contributed by atoms with Crippen LogP contribution >= 0.6 is 0 Å². The second-order valence-electron chi connectivity index (χ2n) is 9.29. The van der Waals surface area contributed by atoms with Crippen molar-refractivity contribution < 1.29 is 10.2 Å². The zero-order chi connectivity index (χ0) is 16.3. The lowest BCUT2D eigenvalue weighted by Gasteiger charge is -2.61. The van der Waals surface area contributed by atoms with Gasteiger partial charge in [0.15, 0.2) is 0 Å². The summed E-state index contributed by atoms with van der Waals surface area (Å²) in [5, 5.41) is 21.5. The zero-order valence-electron chi connectivity index (χ0n) is 14.8. The molecule has 0 heterocycles. The van der Waals surface area contributed by atoms with Gasteiger partial charge in [-0.05, 0) is 75.5 Å². The highest BCUT2D eigenvalue weighted by Crippen LogP contribution is 2.62. The van der Waals surface area contributed by atoms with Crippen LogP contribution in [0.3, 0.4) is 0 Å². The molecule has 0 bridgehead atoms. The van der Waals surface area contributed by atoms with Crippen molar-refractivity contribution in [3.8, 4) is 0 Å². The Kier molecular flexibility index (Phi) is 4.01. The van der Waals surface area contributed by atoms with Crippen LogP contribution in [-0.2, 0) is 0 Å². The number of aliphatic hydroxyl groups is 2. The van der Waals surface area contributed by atoms with Crippen LogP contribution < -0.4 is 0 Å². The van der Waals surface area contributed by atoms with Crippen LogP contribution in [0.25, 0.3) is 0 Å². The first-order valence-electron chi connectivity index (χ1n) is 9.24. The molecule has 0 saturated heterocycles. The molecule has 2 N–H and O–H groups in total. The summed E-state index contributed by atoms with van der Waals surface area (Å²) in [7, 11) is 0. The molecule has 0 aromatic carbocycles. The summed E-state index contributed by atoms with van der Waals surface area (Å²) in [5.74, 6) is 2.63. The van der Waals surface area contributed by atoms with Gasteiger partial charge >= 0.3 is 0 Å². The van der Waals surface area contributed by atoms with Crippen molar-refractivity contribution in [3.05, 3.63) is 12.2 Å². The third-order valence-electron chi connectivity index (χ3n) is 7.58. The molecule has 0 radical (unpaired) electrons. The van der Waals surface area contributed by atoms with Gasteiger partial charge in [-0.3, -0.25) is 0 Å². The molecule has 0 aliphatic heterocycles. The van der Waals surface area contributed by atoms with E-state index in [2.05, 4.69) is 20.4 Å². The monoisotopic (exact) mass is 306 g/mol. The van der Waals surface area contributed by atoms with Crippen LogP contribution in [-0.4, -0.2) is 21.9 Å². The lowest BCUT2D eigenvalue weighted by molar-refractivity contribution is -0.149. The van der Waals surface area contributed by atoms with Gasteiger partial charge in [-0.25, -0.2) is 0 Å². The number of aliphatic hydroxyl groups excluding tert-OH is 1. The molecule has 126 valence electrons. The first-order valence-corrected chi connectivity index (χ1v) is 9.24. The number of allylic oxidation sites excluding steroid dienone is 1. The van der Waals surface area contributed by atoms with E-state index < -0.39 is 5.60 Å². The van der Waals surface area contributed by atoms with Gasteiger partial charge < -0.3 is 10.2 Å². The van der Waals surface area contributed by atoms with Crippen LogP contribution in [0.15, 0.2) is 12.2 Å². The van der Waals surface area contributed by atoms with E-state index in [9.17, 15) is 10.2 Å². The third-order valence-corrected chi connectivity index (χ3v) is 7.58. The normalized spacial score (nSPS) is 49.5. The minimum atomic E-state index is -0.635. The fourth-order valence-electron chi connectivity index (χ4n) is 6.30. The molecule has 0 amide bonds. The highest BCUT2D eigenvalue weighted by Gasteiger charge is 2.58. The van der Waals surface area contributed by atoms with E-state index in [0.717, 1.165) is 31.6 Å². The summed E-state index contributed by atoms with van der Waals surface area (Å²) in [6.07, 6.45) is 6.28. The predicted octanol–water partition coefficient (Wildman–Crippen LogP) is 4.16. The van der Waals surface area contributed by atoms with Gasteiger partial charge in [0.2, 0.25) is 0 Å². The van der Waals surface area contributed by atoms with Gasteiger partial charge in [0, 0.05) is 5.41 Å². The van der Waals surface area contributed by atoms with Crippen LogP contribution in [0, 0.1) is 35.0 Å². The summed E-state index contributed by atoms with van der Waals surface area (Å²) in [6.45, 7) is 13.1. The molecule has 2 heteroatoms. The van der Waals surface area contributed by atoms with Gasteiger partial charge in [-0.2, -0.15) is 0 Å². The molecule has 3 aliphatic carbocycles. The molecule has 0 unspecified atom stereocenters. The first-order chi connectivity index (χ1) is 10.2. The SMILES string of the molecule is C=C1CC[C@@H](O)[C@]2(C)CC[C@H]3[C@@H]([C@@H]12)[C@@H](C(C)(C)O)CC[C@@H]3C. The Hall–Kier alpha value is -0.340. The standard InChI is InChI=1S/C20H34O2/c1-12-6-8-15(19(3,4)22)17-14(12)10-11-20(5)16(21)9-7-13(2)18(17)20/h12,14-18,21-22H,2,6-11H2,1,3-5H3/t12-,14+,15-,16+,17+,18+,20-/m0/s1. The number of fused-ring (bicyclic) bond motifs is 3. The second kappa shape index (κ2) is 5.34. The molecule has 0 spiro atoms. The minimum absolute atomic E-state index is 0.0307. The maximum Gasteiger partial charge on any atom is 0.0622 e. The molecular weight excluding hydrogens is 272 g/mol. The summed E-state index contributed by atoms with van der Waals surface area (Å²) in [4.78, 5) is 0. The Morgan fingerprint density at radius 2 is 1.86 bits per heavy atom. The molecular formula is C20H34O2. The van der Waals surface area contributed by atoms with Crippen molar-refractivity contribution in [2.45, 2.75) is 77.9 Å². The van der Waals surface area contributed by atoms with Crippen molar-refractivity contribution in [3.63, 3.8) is 0 Å². The molecule has 0 aromatic heterocycles. The second-order valence-corrected chi connectivity index (χ2v) is 9.29. The molecule has 7 atom stereocenters. The first kappa shape index (κ1) is 16.5. The van der Waals surface area contributed by atoms with E-state index >= 15 is 0 Å². The van der Waals surface area contributed by atoms with Crippen LogP contribution in [0.1, 0.15) is 66.2 Å². The Bertz CT molecular complexity index is 449. The Labute approximate surface area is 136 Å². The average Bonchev–Trinajstić information content (AvgIpc) is 2.42. The molecule has 3 aliphatic rings. The Balaban J connectivity index is 2.03. The predicted molar refractivity (Wildman–Crippen MR) is 90.4 cm³/mol. The van der Waals surface area contributed by atoms with Crippen molar-refractivity contribution in [1.29, 1.82) is 0 Å². The van der Waals surface area contributed by atoms with Gasteiger partial charge in [0.25, 0.3) is 0 Å². The summed E-state index contributed by atoms with van der Waals surface area (Å²) in [5.41, 5.74) is 0.673. The van der Waals surface area contributed by atoms with Crippen LogP contribution in [0.4, 0.5) is 0 Å². The van der Waals surface area contributed by atoms with Gasteiger partial charge in [0.1, 0.15) is 0 Å². The fraction of sp³-hybridized carbons (Fsp3) is 0.900. The van der Waals surface area contributed by atoms with Crippen molar-refractivity contribution >= 4 is 0 Å². The molecule has 0 aromatic rings. The average molecular weight is 306 g/mol. The Morgan fingerprint density at radius 3 is 2.50 bits per heavy atom. The largest absolute Gasteiger partial charge is 0.393 e. The number of hydrogen-bond acceptors (Lipinski definition) is 2. The van der Waals surface area contributed by atoms with Crippen LogP contribution in [0.2, 0.25) is 0 Å². The van der Waals surface area contributed by atoms with Crippen LogP contribution in [0.5, 0.6) is 0 Å². The van der Waals surface area contributed by atoms with E-state index in [1.54, 1.807) is 0 Å². The quantitative estimate of drug-likeness (QED) is 0.714. The highest BCUT2D eigenvalue weighted by atomic mass is 16.3. The minimum Gasteiger partial charge on any atom is -0.393 e. The maximum absolute atomic E-state index is 10.8. The molecule has 3 rings (SSSR count). The lowest BCUT2D eigenvalue weighted by atomic mass is 9.45. The van der Waals surface area contributed by atoms with Crippen molar-refractivity contribution in [1.82, 2.24) is 0 Å². The van der Waals surface area contributed by atoms with Gasteiger partial charge in [-0.1, -0.05) is 32.4 Å². The van der Waals surface area contributed by atoms with E-state index in [1.165, 1.54) is 18.4 Å². The smallest absolute Gasteiger partial charge is 0.0622 e. The third kappa shape index (κ3) is 2.38. The van der Waals surface area contributed by atoms with Gasteiger partial charge in [-0.15, -0.1) is 0 Å². The molecule has 3 fully saturated rings. The lowest BCUT2D eigenvalue weighted by Crippen LogP contribution is -2.58. The molecule has 2 nitrogen and oxygen atoms in total. The molecule has 3 saturated carbocycles. The maximum atomic E-state index is 10.8. The van der Waals surface area contributed by atoms with E-state index in [4.69, 9.17) is 0 Å². The molecule has 22 heavy (non-hydrogen) atoms. The Morgan fingerprint density at radius 1 is 1.18 bits per heavy atom. The highest BCUT2D eigenvalue weighted by molar-refractivity contribution is 5.19. The van der Waals surface area contributed by atoms with Gasteiger partial charge in [0.05, 0.1) is 11.7 Å². The summed E-state index contributed by atoms with van der Waals surface area (Å²) < 4.78 is 0.